The van der Waals surface area contributed by atoms with E-state index in [0.29, 0.717) is 6.54 Å². The highest BCUT2D eigenvalue weighted by Gasteiger charge is 2.02. The quantitative estimate of drug-likeness (QED) is 0.761. The van der Waals surface area contributed by atoms with Gasteiger partial charge in [-0.2, -0.15) is 0 Å². The van der Waals surface area contributed by atoms with E-state index in [9.17, 15) is 4.39 Å². The maximum atomic E-state index is 13.2. The second-order valence-electron chi connectivity index (χ2n) is 3.56. The van der Waals surface area contributed by atoms with E-state index >= 15 is 0 Å². The van der Waals surface area contributed by atoms with Gasteiger partial charge < -0.3 is 5.32 Å². The molecule has 0 fully saturated rings. The summed E-state index contributed by atoms with van der Waals surface area (Å²) in [5.41, 5.74) is 2.00. The first-order valence-electron chi connectivity index (χ1n) is 5.19. The van der Waals surface area contributed by atoms with E-state index in [2.05, 4.69) is 12.2 Å². The SMILES string of the molecule is CCCCc1ccc(F)c(CNC)c1. The molecule has 1 N–H and O–H groups in total. The van der Waals surface area contributed by atoms with Crippen molar-refractivity contribution in [2.45, 2.75) is 32.7 Å². The molecule has 1 aromatic carbocycles. The lowest BCUT2D eigenvalue weighted by atomic mass is 10.1. The number of hydrogen-bond donors (Lipinski definition) is 1. The summed E-state index contributed by atoms with van der Waals surface area (Å²) >= 11 is 0. The zero-order valence-electron chi connectivity index (χ0n) is 8.94. The minimum atomic E-state index is -0.111. The molecule has 1 rings (SSSR count). The third kappa shape index (κ3) is 3.11. The Bertz CT molecular complexity index is 284. The number of aryl methyl sites for hydroxylation is 1. The van der Waals surface area contributed by atoms with Crippen molar-refractivity contribution in [1.82, 2.24) is 5.32 Å². The van der Waals surface area contributed by atoms with E-state index in [1.54, 1.807) is 6.07 Å². The van der Waals surface area contributed by atoms with Gasteiger partial charge in [-0.1, -0.05) is 25.5 Å². The predicted octanol–water partition coefficient (Wildman–Crippen LogP) is 2.89. The fourth-order valence-corrected chi connectivity index (χ4v) is 1.49. The fourth-order valence-electron chi connectivity index (χ4n) is 1.49. The monoisotopic (exact) mass is 195 g/mol. The molecule has 14 heavy (non-hydrogen) atoms. The number of halogens is 1. The van der Waals surface area contributed by atoms with Gasteiger partial charge in [0.2, 0.25) is 0 Å². The molecule has 0 saturated carbocycles. The molecule has 0 aliphatic carbocycles. The summed E-state index contributed by atoms with van der Waals surface area (Å²) in [5, 5.41) is 2.97. The van der Waals surface area contributed by atoms with Crippen LogP contribution in [0.5, 0.6) is 0 Å². The minimum Gasteiger partial charge on any atom is -0.316 e. The molecule has 0 aliphatic rings. The molecule has 0 heterocycles. The van der Waals surface area contributed by atoms with Crippen LogP contribution in [0.15, 0.2) is 18.2 Å². The van der Waals surface area contributed by atoms with Gasteiger partial charge in [0.15, 0.2) is 0 Å². The number of unbranched alkanes of at least 4 members (excludes halogenated alkanes) is 1. The average molecular weight is 195 g/mol. The highest BCUT2D eigenvalue weighted by atomic mass is 19.1. The Balaban J connectivity index is 2.72. The smallest absolute Gasteiger partial charge is 0.127 e. The first-order valence-corrected chi connectivity index (χ1v) is 5.19. The normalized spacial score (nSPS) is 10.5. The van der Waals surface area contributed by atoms with Gasteiger partial charge in [0.05, 0.1) is 0 Å². The van der Waals surface area contributed by atoms with Crippen molar-refractivity contribution >= 4 is 0 Å². The van der Waals surface area contributed by atoms with E-state index in [-0.39, 0.29) is 5.82 Å². The zero-order valence-corrected chi connectivity index (χ0v) is 8.94. The summed E-state index contributed by atoms with van der Waals surface area (Å²) in [4.78, 5) is 0. The Morgan fingerprint density at radius 3 is 2.79 bits per heavy atom. The van der Waals surface area contributed by atoms with Crippen LogP contribution in [0.1, 0.15) is 30.9 Å². The van der Waals surface area contributed by atoms with Gasteiger partial charge in [0.1, 0.15) is 5.82 Å². The van der Waals surface area contributed by atoms with Crippen LogP contribution in [0.4, 0.5) is 4.39 Å². The second-order valence-corrected chi connectivity index (χ2v) is 3.56. The molecule has 0 saturated heterocycles. The summed E-state index contributed by atoms with van der Waals surface area (Å²) in [6.07, 6.45) is 3.40. The van der Waals surface area contributed by atoms with Crippen molar-refractivity contribution < 1.29 is 4.39 Å². The predicted molar refractivity (Wildman–Crippen MR) is 57.8 cm³/mol. The standard InChI is InChI=1S/C12H18FN/c1-3-4-5-10-6-7-12(13)11(8-10)9-14-2/h6-8,14H,3-5,9H2,1-2H3. The lowest BCUT2D eigenvalue weighted by Crippen LogP contribution is -2.07. The maximum Gasteiger partial charge on any atom is 0.127 e. The van der Waals surface area contributed by atoms with Crippen LogP contribution in [-0.2, 0) is 13.0 Å². The van der Waals surface area contributed by atoms with Crippen LogP contribution < -0.4 is 5.32 Å². The lowest BCUT2D eigenvalue weighted by Gasteiger charge is -2.05. The van der Waals surface area contributed by atoms with Crippen LogP contribution in [-0.4, -0.2) is 7.05 Å². The Labute approximate surface area is 85.3 Å². The van der Waals surface area contributed by atoms with E-state index in [0.717, 1.165) is 12.0 Å². The van der Waals surface area contributed by atoms with Crippen molar-refractivity contribution in [2.24, 2.45) is 0 Å². The first kappa shape index (κ1) is 11.2. The molecule has 0 atom stereocenters. The van der Waals surface area contributed by atoms with E-state index in [1.165, 1.54) is 18.4 Å². The summed E-state index contributed by atoms with van der Waals surface area (Å²) in [6, 6.07) is 5.41. The second kappa shape index (κ2) is 5.76. The van der Waals surface area contributed by atoms with Crippen LogP contribution in [0.2, 0.25) is 0 Å². The van der Waals surface area contributed by atoms with Crippen molar-refractivity contribution in [3.63, 3.8) is 0 Å². The highest BCUT2D eigenvalue weighted by Crippen LogP contribution is 2.12. The summed E-state index contributed by atoms with van der Waals surface area (Å²) in [6.45, 7) is 2.77. The Kier molecular flexibility index (Phi) is 4.60. The summed E-state index contributed by atoms with van der Waals surface area (Å²) < 4.78 is 13.2. The third-order valence-corrected chi connectivity index (χ3v) is 2.30. The van der Waals surface area contributed by atoms with Crippen LogP contribution in [0.3, 0.4) is 0 Å². The zero-order chi connectivity index (χ0) is 10.4. The molecule has 1 aromatic rings. The minimum absolute atomic E-state index is 0.111. The third-order valence-electron chi connectivity index (χ3n) is 2.30. The maximum absolute atomic E-state index is 13.2. The van der Waals surface area contributed by atoms with Crippen LogP contribution in [0.25, 0.3) is 0 Å². The fraction of sp³-hybridized carbons (Fsp3) is 0.500. The van der Waals surface area contributed by atoms with Crippen molar-refractivity contribution in [3.8, 4) is 0 Å². The van der Waals surface area contributed by atoms with Crippen molar-refractivity contribution in [3.05, 3.63) is 35.1 Å². The van der Waals surface area contributed by atoms with Crippen molar-refractivity contribution in [2.75, 3.05) is 7.05 Å². The van der Waals surface area contributed by atoms with Crippen LogP contribution in [0, 0.1) is 5.82 Å². The molecule has 0 radical (unpaired) electrons. The molecule has 0 unspecified atom stereocenters. The lowest BCUT2D eigenvalue weighted by molar-refractivity contribution is 0.599. The van der Waals surface area contributed by atoms with Gasteiger partial charge in [-0.25, -0.2) is 4.39 Å². The molecule has 0 aromatic heterocycles. The molecule has 78 valence electrons. The molecular formula is C12H18FN. The molecule has 0 spiro atoms. The van der Waals surface area contributed by atoms with Crippen molar-refractivity contribution in [1.29, 1.82) is 0 Å². The molecule has 0 aliphatic heterocycles. The summed E-state index contributed by atoms with van der Waals surface area (Å²) in [5.74, 6) is -0.111. The molecule has 2 heteroatoms. The van der Waals surface area contributed by atoms with Gasteiger partial charge in [-0.15, -0.1) is 0 Å². The van der Waals surface area contributed by atoms with E-state index in [4.69, 9.17) is 0 Å². The summed E-state index contributed by atoms with van der Waals surface area (Å²) in [7, 11) is 1.83. The van der Waals surface area contributed by atoms with Crippen LogP contribution >= 0.6 is 0 Å². The van der Waals surface area contributed by atoms with Gasteiger partial charge in [-0.3, -0.25) is 0 Å². The molecular weight excluding hydrogens is 177 g/mol. The Hall–Kier alpha value is -0.890. The van der Waals surface area contributed by atoms with Gasteiger partial charge in [-0.05, 0) is 31.5 Å². The number of hydrogen-bond acceptors (Lipinski definition) is 1. The average Bonchev–Trinajstić information content (AvgIpc) is 2.19. The highest BCUT2D eigenvalue weighted by molar-refractivity contribution is 5.25. The molecule has 1 nitrogen and oxygen atoms in total. The Morgan fingerprint density at radius 1 is 1.36 bits per heavy atom. The number of rotatable bonds is 5. The molecule has 0 bridgehead atoms. The van der Waals surface area contributed by atoms with Gasteiger partial charge >= 0.3 is 0 Å². The first-order chi connectivity index (χ1) is 6.77. The largest absolute Gasteiger partial charge is 0.316 e. The van der Waals surface area contributed by atoms with Gasteiger partial charge in [0.25, 0.3) is 0 Å². The molecule has 0 amide bonds. The van der Waals surface area contributed by atoms with E-state index in [1.807, 2.05) is 19.2 Å². The number of nitrogens with one attached hydrogen (secondary N) is 1. The van der Waals surface area contributed by atoms with Gasteiger partial charge in [0, 0.05) is 12.1 Å². The number of benzene rings is 1. The van der Waals surface area contributed by atoms with E-state index < -0.39 is 0 Å². The topological polar surface area (TPSA) is 12.0 Å². The Morgan fingerprint density at radius 2 is 2.14 bits per heavy atom.